The van der Waals surface area contributed by atoms with Gasteiger partial charge in [0.2, 0.25) is 0 Å². The maximum Gasteiger partial charge on any atom is 0.412 e. The summed E-state index contributed by atoms with van der Waals surface area (Å²) in [4.78, 5) is 38.4. The number of aromatic nitrogens is 2. The summed E-state index contributed by atoms with van der Waals surface area (Å²) in [6.45, 7) is 2.26. The number of aliphatic carboxylic acids is 1. The van der Waals surface area contributed by atoms with Crippen LogP contribution in [0.4, 0.5) is 10.6 Å². The van der Waals surface area contributed by atoms with Crippen molar-refractivity contribution in [2.24, 2.45) is 12.5 Å². The summed E-state index contributed by atoms with van der Waals surface area (Å²) in [7, 11) is 1.61. The predicted octanol–water partition coefficient (Wildman–Crippen LogP) is 3.72. The number of rotatable bonds is 5. The van der Waals surface area contributed by atoms with Crippen LogP contribution in [0, 0.1) is 5.41 Å². The minimum Gasteiger partial charge on any atom is -0.481 e. The molecule has 9 heteroatoms. The van der Waals surface area contributed by atoms with Crippen LogP contribution < -0.4 is 5.32 Å². The first-order valence-corrected chi connectivity index (χ1v) is 11.5. The Kier molecular flexibility index (Phi) is 5.55. The van der Waals surface area contributed by atoms with E-state index in [9.17, 15) is 19.5 Å². The Labute approximate surface area is 202 Å². The highest BCUT2D eigenvalue weighted by Crippen LogP contribution is 2.44. The largest absolute Gasteiger partial charge is 0.481 e. The Bertz CT molecular complexity index is 1290. The maximum absolute atomic E-state index is 12.9. The lowest BCUT2D eigenvalue weighted by atomic mass is 9.90. The van der Waals surface area contributed by atoms with Crippen LogP contribution in [0.2, 0.25) is 0 Å². The van der Waals surface area contributed by atoms with Gasteiger partial charge in [-0.15, -0.1) is 0 Å². The molecule has 3 aromatic rings. The zero-order chi connectivity index (χ0) is 24.7. The van der Waals surface area contributed by atoms with E-state index < -0.39 is 17.5 Å². The van der Waals surface area contributed by atoms with Crippen molar-refractivity contribution in [1.29, 1.82) is 0 Å². The van der Waals surface area contributed by atoms with Crippen LogP contribution >= 0.6 is 0 Å². The molecule has 1 atom stereocenters. The molecular formula is C26H26N4O5. The number of carbonyl (C=O) groups excluding carboxylic acids is 2. The zero-order valence-corrected chi connectivity index (χ0v) is 19.5. The second-order valence-corrected chi connectivity index (χ2v) is 9.33. The Balaban J connectivity index is 1.24. The molecule has 0 bridgehead atoms. The van der Waals surface area contributed by atoms with Crippen molar-refractivity contribution in [3.05, 3.63) is 71.4 Å². The topological polar surface area (TPSA) is 114 Å². The number of anilines is 1. The summed E-state index contributed by atoms with van der Waals surface area (Å²) in [5.74, 6) is -1.04. The molecule has 1 unspecified atom stereocenters. The van der Waals surface area contributed by atoms with E-state index in [0.29, 0.717) is 18.8 Å². The number of carbonyl (C=O) groups is 3. The van der Waals surface area contributed by atoms with Crippen LogP contribution in [-0.4, -0.2) is 57.5 Å². The molecule has 2 aromatic carbocycles. The van der Waals surface area contributed by atoms with Gasteiger partial charge < -0.3 is 14.7 Å². The zero-order valence-electron chi connectivity index (χ0n) is 19.5. The van der Waals surface area contributed by atoms with Crippen molar-refractivity contribution in [2.45, 2.75) is 19.3 Å². The first-order chi connectivity index (χ1) is 16.8. The predicted molar refractivity (Wildman–Crippen MR) is 128 cm³/mol. The molecular weight excluding hydrogens is 448 g/mol. The van der Waals surface area contributed by atoms with Gasteiger partial charge in [-0.2, -0.15) is 5.10 Å². The highest BCUT2D eigenvalue weighted by atomic mass is 16.5. The number of amides is 2. The maximum atomic E-state index is 12.9. The third-order valence-corrected chi connectivity index (χ3v) is 6.95. The van der Waals surface area contributed by atoms with Crippen LogP contribution in [0.3, 0.4) is 0 Å². The van der Waals surface area contributed by atoms with Gasteiger partial charge in [-0.05, 0) is 35.6 Å². The van der Waals surface area contributed by atoms with Crippen molar-refractivity contribution in [3.8, 4) is 11.1 Å². The molecule has 180 valence electrons. The van der Waals surface area contributed by atoms with Crippen LogP contribution in [0.25, 0.3) is 11.1 Å². The molecule has 2 N–H and O–H groups in total. The number of benzene rings is 2. The van der Waals surface area contributed by atoms with E-state index >= 15 is 0 Å². The molecule has 5 rings (SSSR count). The molecule has 9 nitrogen and oxygen atoms in total. The second-order valence-electron chi connectivity index (χ2n) is 9.33. The number of nitrogens with one attached hydrogen (secondary N) is 1. The third kappa shape index (κ3) is 4.03. The molecule has 1 aliphatic heterocycles. The van der Waals surface area contributed by atoms with Crippen LogP contribution in [0.5, 0.6) is 0 Å². The Morgan fingerprint density at radius 1 is 1.11 bits per heavy atom. The Hall–Kier alpha value is -4.14. The first-order valence-electron chi connectivity index (χ1n) is 11.5. The average Bonchev–Trinajstić information content (AvgIpc) is 3.52. The fourth-order valence-corrected chi connectivity index (χ4v) is 4.90. The van der Waals surface area contributed by atoms with E-state index in [1.54, 1.807) is 14.0 Å². The number of likely N-dealkylation sites (tertiary alicyclic amines) is 1. The van der Waals surface area contributed by atoms with E-state index in [4.69, 9.17) is 4.74 Å². The number of aryl methyl sites for hydroxylation is 1. The molecule has 1 aliphatic carbocycles. The van der Waals surface area contributed by atoms with Gasteiger partial charge in [0, 0.05) is 32.1 Å². The summed E-state index contributed by atoms with van der Waals surface area (Å²) >= 11 is 0. The minimum atomic E-state index is -0.965. The van der Waals surface area contributed by atoms with Crippen molar-refractivity contribution in [3.63, 3.8) is 0 Å². The molecule has 35 heavy (non-hydrogen) atoms. The number of fused-ring (bicyclic) bond motifs is 3. The molecule has 1 saturated heterocycles. The van der Waals surface area contributed by atoms with Gasteiger partial charge in [0.25, 0.3) is 5.91 Å². The second kappa shape index (κ2) is 8.57. The van der Waals surface area contributed by atoms with Gasteiger partial charge in [0.05, 0.1) is 5.41 Å². The fourth-order valence-electron chi connectivity index (χ4n) is 4.90. The van der Waals surface area contributed by atoms with Crippen molar-refractivity contribution in [1.82, 2.24) is 14.7 Å². The third-order valence-electron chi connectivity index (χ3n) is 6.95. The summed E-state index contributed by atoms with van der Waals surface area (Å²) in [5, 5.41) is 16.3. The smallest absolute Gasteiger partial charge is 0.412 e. The molecule has 2 heterocycles. The number of carboxylic acid groups (broad SMARTS) is 1. The quantitative estimate of drug-likeness (QED) is 0.583. The van der Waals surface area contributed by atoms with Crippen molar-refractivity contribution < 1.29 is 24.2 Å². The van der Waals surface area contributed by atoms with Crippen LogP contribution in [-0.2, 0) is 16.6 Å². The van der Waals surface area contributed by atoms with Crippen LogP contribution in [0.1, 0.15) is 40.9 Å². The van der Waals surface area contributed by atoms with E-state index in [0.717, 1.165) is 22.3 Å². The van der Waals surface area contributed by atoms with Crippen molar-refractivity contribution >= 4 is 23.8 Å². The Morgan fingerprint density at radius 3 is 2.34 bits per heavy atom. The molecule has 1 fully saturated rings. The van der Waals surface area contributed by atoms with Gasteiger partial charge >= 0.3 is 12.1 Å². The lowest BCUT2D eigenvalue weighted by Gasteiger charge is -2.19. The summed E-state index contributed by atoms with van der Waals surface area (Å²) in [6.07, 6.45) is -0.264. The van der Waals surface area contributed by atoms with Gasteiger partial charge in [-0.3, -0.25) is 19.6 Å². The number of hydrogen-bond acceptors (Lipinski definition) is 5. The van der Waals surface area contributed by atoms with E-state index in [-0.39, 0.29) is 30.7 Å². The van der Waals surface area contributed by atoms with Gasteiger partial charge in [-0.1, -0.05) is 48.5 Å². The van der Waals surface area contributed by atoms with E-state index in [2.05, 4.69) is 22.5 Å². The average molecular weight is 475 g/mol. The highest BCUT2D eigenvalue weighted by Gasteiger charge is 2.42. The standard InChI is InChI=1S/C26H26N4O5/c1-26(24(32)33)11-12-30(15-26)23(31)21-13-22(29(2)28-21)27-25(34)35-14-20-18-9-5-3-7-16(18)17-8-4-6-10-19(17)20/h3-10,13,20H,11-12,14-15H2,1-2H3,(H,27,34)(H,32,33). The van der Waals surface area contributed by atoms with Gasteiger partial charge in [0.15, 0.2) is 5.69 Å². The number of ether oxygens (including phenoxy) is 1. The van der Waals surface area contributed by atoms with Crippen molar-refractivity contribution in [2.75, 3.05) is 25.0 Å². The van der Waals surface area contributed by atoms with Gasteiger partial charge in [-0.25, -0.2) is 4.79 Å². The van der Waals surface area contributed by atoms with Gasteiger partial charge in [0.1, 0.15) is 12.4 Å². The molecule has 2 amide bonds. The molecule has 2 aliphatic rings. The molecule has 0 saturated carbocycles. The molecule has 0 radical (unpaired) electrons. The first kappa shape index (κ1) is 22.6. The lowest BCUT2D eigenvalue weighted by molar-refractivity contribution is -0.147. The summed E-state index contributed by atoms with van der Waals surface area (Å²) in [5.41, 5.74) is 3.70. The van der Waals surface area contributed by atoms with E-state index in [1.165, 1.54) is 15.6 Å². The fraction of sp³-hybridized carbons (Fsp3) is 0.308. The summed E-state index contributed by atoms with van der Waals surface area (Å²) < 4.78 is 6.96. The highest BCUT2D eigenvalue weighted by molar-refractivity contribution is 5.95. The van der Waals surface area contributed by atoms with E-state index in [1.807, 2.05) is 36.4 Å². The molecule has 0 spiro atoms. The normalized spacial score (nSPS) is 18.7. The van der Waals surface area contributed by atoms with Crippen LogP contribution in [0.15, 0.2) is 54.6 Å². The number of nitrogens with zero attached hydrogens (tertiary/aromatic N) is 3. The minimum absolute atomic E-state index is 0.0597. The Morgan fingerprint density at radius 2 is 1.74 bits per heavy atom. The lowest BCUT2D eigenvalue weighted by Crippen LogP contribution is -2.35. The summed E-state index contributed by atoms with van der Waals surface area (Å²) in [6, 6.07) is 17.7. The monoisotopic (exact) mass is 474 g/mol. The number of carboxylic acids is 1. The SMILES string of the molecule is Cn1nc(C(=O)N2CCC(C)(C(=O)O)C2)cc1NC(=O)OCC1c2ccccc2-c2ccccc21. The number of hydrogen-bond donors (Lipinski definition) is 2. The molecule has 1 aromatic heterocycles.